The van der Waals surface area contributed by atoms with Crippen LogP contribution in [0, 0.1) is 0 Å². The van der Waals surface area contributed by atoms with Crippen molar-refractivity contribution >= 4 is 11.9 Å². The van der Waals surface area contributed by atoms with Crippen molar-refractivity contribution in [2.75, 3.05) is 13.7 Å². The minimum Gasteiger partial charge on any atom is -0.488 e. The molecule has 0 saturated heterocycles. The average Bonchev–Trinajstić information content (AvgIpc) is 2.77. The molecule has 2 rings (SSSR count). The Balaban J connectivity index is 1.84. The lowest BCUT2D eigenvalue weighted by Crippen LogP contribution is -2.38. The lowest BCUT2D eigenvalue weighted by Gasteiger charge is -2.10. The van der Waals surface area contributed by atoms with E-state index < -0.39 is 11.9 Å². The van der Waals surface area contributed by atoms with Gasteiger partial charge in [0.25, 0.3) is 0 Å². The van der Waals surface area contributed by atoms with Crippen molar-refractivity contribution in [1.29, 1.82) is 0 Å². The Labute approximate surface area is 98.7 Å². The van der Waals surface area contributed by atoms with Gasteiger partial charge >= 0.3 is 11.9 Å². The molecule has 1 atom stereocenters. The third-order valence-corrected chi connectivity index (χ3v) is 2.57. The molecule has 1 amide bonds. The average molecular weight is 235 g/mol. The molecule has 1 aromatic rings. The topological polar surface area (TPSA) is 64.6 Å². The number of carbonyl (C=O) groups is 2. The summed E-state index contributed by atoms with van der Waals surface area (Å²) in [5, 5.41) is 2.47. The smallest absolute Gasteiger partial charge is 0.396 e. The van der Waals surface area contributed by atoms with Gasteiger partial charge in [0.15, 0.2) is 0 Å². The van der Waals surface area contributed by atoms with Gasteiger partial charge in [-0.25, -0.2) is 4.79 Å². The highest BCUT2D eigenvalue weighted by Gasteiger charge is 2.23. The first-order valence-electron chi connectivity index (χ1n) is 5.31. The van der Waals surface area contributed by atoms with Crippen molar-refractivity contribution in [2.45, 2.75) is 12.5 Å². The predicted octanol–water partition coefficient (Wildman–Crippen LogP) is 0.279. The standard InChI is InChI=1S/C12H13NO4/c1-16-12(15)11(14)13-7-9-6-8-4-2-3-5-10(8)17-9/h2-5,9H,6-7H2,1H3,(H,13,14). The first-order valence-corrected chi connectivity index (χ1v) is 5.31. The van der Waals surface area contributed by atoms with Crippen molar-refractivity contribution in [3.8, 4) is 5.75 Å². The molecule has 5 heteroatoms. The van der Waals surface area contributed by atoms with Crippen LogP contribution in [0.25, 0.3) is 0 Å². The molecule has 1 aliphatic heterocycles. The van der Waals surface area contributed by atoms with Crippen molar-refractivity contribution in [3.63, 3.8) is 0 Å². The zero-order valence-corrected chi connectivity index (χ0v) is 9.43. The van der Waals surface area contributed by atoms with Gasteiger partial charge < -0.3 is 14.8 Å². The number of rotatable bonds is 2. The highest BCUT2D eigenvalue weighted by molar-refractivity contribution is 6.32. The fourth-order valence-corrected chi connectivity index (χ4v) is 1.74. The first kappa shape index (κ1) is 11.4. The van der Waals surface area contributed by atoms with Crippen molar-refractivity contribution < 1.29 is 19.1 Å². The number of methoxy groups -OCH3 is 1. The second-order valence-electron chi connectivity index (χ2n) is 3.75. The quantitative estimate of drug-likeness (QED) is 0.590. The summed E-state index contributed by atoms with van der Waals surface area (Å²) in [6, 6.07) is 7.71. The number of fused-ring (bicyclic) bond motifs is 1. The van der Waals surface area contributed by atoms with Crippen LogP contribution in [0.1, 0.15) is 5.56 Å². The van der Waals surface area contributed by atoms with Crippen LogP contribution in [0.5, 0.6) is 5.75 Å². The summed E-state index contributed by atoms with van der Waals surface area (Å²) < 4.78 is 9.90. The highest BCUT2D eigenvalue weighted by atomic mass is 16.5. The van der Waals surface area contributed by atoms with Crippen LogP contribution in [-0.4, -0.2) is 31.6 Å². The van der Waals surface area contributed by atoms with Crippen LogP contribution < -0.4 is 10.1 Å². The van der Waals surface area contributed by atoms with Gasteiger partial charge in [-0.2, -0.15) is 0 Å². The van der Waals surface area contributed by atoms with E-state index in [2.05, 4.69) is 10.1 Å². The van der Waals surface area contributed by atoms with E-state index in [9.17, 15) is 9.59 Å². The van der Waals surface area contributed by atoms with E-state index in [0.29, 0.717) is 6.54 Å². The molecule has 0 saturated carbocycles. The maximum Gasteiger partial charge on any atom is 0.396 e. The zero-order valence-electron chi connectivity index (χ0n) is 9.43. The van der Waals surface area contributed by atoms with E-state index in [-0.39, 0.29) is 6.10 Å². The maximum atomic E-state index is 11.2. The third kappa shape index (κ3) is 2.55. The maximum absolute atomic E-state index is 11.2. The molecule has 0 bridgehead atoms. The van der Waals surface area contributed by atoms with Gasteiger partial charge in [-0.15, -0.1) is 0 Å². The van der Waals surface area contributed by atoms with E-state index in [4.69, 9.17) is 4.74 Å². The van der Waals surface area contributed by atoms with E-state index in [1.54, 1.807) is 0 Å². The number of para-hydroxylation sites is 1. The Morgan fingerprint density at radius 3 is 2.94 bits per heavy atom. The summed E-state index contributed by atoms with van der Waals surface area (Å²) in [5.74, 6) is -0.794. The van der Waals surface area contributed by atoms with Gasteiger partial charge in [0, 0.05) is 6.42 Å². The first-order chi connectivity index (χ1) is 8.20. The Kier molecular flexibility index (Phi) is 3.27. The molecule has 0 aromatic heterocycles. The zero-order chi connectivity index (χ0) is 12.3. The molecule has 0 radical (unpaired) electrons. The van der Waals surface area contributed by atoms with E-state index in [1.165, 1.54) is 7.11 Å². The van der Waals surface area contributed by atoms with Crippen LogP contribution in [0.15, 0.2) is 24.3 Å². The summed E-state index contributed by atoms with van der Waals surface area (Å²) in [5.41, 5.74) is 1.12. The van der Waals surface area contributed by atoms with Gasteiger partial charge in [-0.3, -0.25) is 4.79 Å². The van der Waals surface area contributed by atoms with Crippen LogP contribution >= 0.6 is 0 Å². The van der Waals surface area contributed by atoms with Gasteiger partial charge in [-0.05, 0) is 11.6 Å². The summed E-state index contributed by atoms with van der Waals surface area (Å²) in [6.07, 6.45) is 0.610. The summed E-state index contributed by atoms with van der Waals surface area (Å²) in [4.78, 5) is 22.0. The normalized spacial score (nSPS) is 16.9. The molecule has 1 N–H and O–H groups in total. The molecule has 1 aromatic carbocycles. The molecule has 1 heterocycles. The van der Waals surface area contributed by atoms with Gasteiger partial charge in [-0.1, -0.05) is 18.2 Å². The fourth-order valence-electron chi connectivity index (χ4n) is 1.74. The van der Waals surface area contributed by atoms with Gasteiger partial charge in [0.05, 0.1) is 13.7 Å². The van der Waals surface area contributed by atoms with Crippen LogP contribution in [-0.2, 0) is 20.7 Å². The monoisotopic (exact) mass is 235 g/mol. The Bertz CT molecular complexity index is 419. The lowest BCUT2D eigenvalue weighted by atomic mass is 10.1. The van der Waals surface area contributed by atoms with Crippen LogP contribution in [0.3, 0.4) is 0 Å². The Morgan fingerprint density at radius 1 is 1.47 bits per heavy atom. The minimum absolute atomic E-state index is 0.124. The molecule has 90 valence electrons. The van der Waals surface area contributed by atoms with Crippen LogP contribution in [0.4, 0.5) is 0 Å². The van der Waals surface area contributed by atoms with E-state index >= 15 is 0 Å². The number of esters is 1. The Morgan fingerprint density at radius 2 is 2.24 bits per heavy atom. The SMILES string of the molecule is COC(=O)C(=O)NCC1Cc2ccccc2O1. The number of benzene rings is 1. The predicted molar refractivity (Wildman–Crippen MR) is 59.6 cm³/mol. The summed E-state index contributed by atoms with van der Waals surface area (Å²) in [7, 11) is 1.17. The number of nitrogens with one attached hydrogen (secondary N) is 1. The highest BCUT2D eigenvalue weighted by Crippen LogP contribution is 2.27. The molecular weight excluding hydrogens is 222 g/mol. The largest absolute Gasteiger partial charge is 0.488 e. The molecular formula is C12H13NO4. The molecule has 1 unspecified atom stereocenters. The minimum atomic E-state index is -0.888. The molecule has 0 spiro atoms. The molecule has 5 nitrogen and oxygen atoms in total. The summed E-state index contributed by atoms with van der Waals surface area (Å²) in [6.45, 7) is 0.294. The third-order valence-electron chi connectivity index (χ3n) is 2.57. The van der Waals surface area contributed by atoms with E-state index in [0.717, 1.165) is 17.7 Å². The van der Waals surface area contributed by atoms with Gasteiger partial charge in [0.1, 0.15) is 11.9 Å². The molecule has 0 aliphatic carbocycles. The second kappa shape index (κ2) is 4.86. The second-order valence-corrected chi connectivity index (χ2v) is 3.75. The van der Waals surface area contributed by atoms with Crippen LogP contribution in [0.2, 0.25) is 0 Å². The van der Waals surface area contributed by atoms with Crippen molar-refractivity contribution in [1.82, 2.24) is 5.32 Å². The molecule has 17 heavy (non-hydrogen) atoms. The van der Waals surface area contributed by atoms with Crippen molar-refractivity contribution in [3.05, 3.63) is 29.8 Å². The van der Waals surface area contributed by atoms with Gasteiger partial charge in [0.2, 0.25) is 0 Å². The Hall–Kier alpha value is -2.04. The summed E-state index contributed by atoms with van der Waals surface area (Å²) >= 11 is 0. The molecule has 1 aliphatic rings. The number of ether oxygens (including phenoxy) is 2. The van der Waals surface area contributed by atoms with Crippen molar-refractivity contribution in [2.24, 2.45) is 0 Å². The number of hydrogen-bond donors (Lipinski definition) is 1. The van der Waals surface area contributed by atoms with E-state index in [1.807, 2.05) is 24.3 Å². The number of hydrogen-bond acceptors (Lipinski definition) is 4. The number of amides is 1. The molecule has 0 fully saturated rings. The lowest BCUT2D eigenvalue weighted by molar-refractivity contribution is -0.152. The number of carbonyl (C=O) groups excluding carboxylic acids is 2. The fraction of sp³-hybridized carbons (Fsp3) is 0.333.